The molecule has 0 spiro atoms. The van der Waals surface area contributed by atoms with Crippen molar-refractivity contribution in [3.05, 3.63) is 12.2 Å². The van der Waals surface area contributed by atoms with Crippen LogP contribution in [0.25, 0.3) is 0 Å². The van der Waals surface area contributed by atoms with Gasteiger partial charge in [-0.1, -0.05) is 122 Å². The highest BCUT2D eigenvalue weighted by Crippen LogP contribution is 2.10. The maximum atomic E-state index is 10.7. The molecule has 33 heavy (non-hydrogen) atoms. The summed E-state index contributed by atoms with van der Waals surface area (Å²) in [6, 6.07) is 0. The summed E-state index contributed by atoms with van der Waals surface area (Å²) in [6.07, 6.45) is 33.7. The highest BCUT2D eigenvalue weighted by molar-refractivity contribution is 7.84. The van der Waals surface area contributed by atoms with Crippen LogP contribution >= 0.6 is 0 Å². The molecule has 0 aromatic carbocycles. The molecule has 0 aliphatic heterocycles. The quantitative estimate of drug-likeness (QED) is 0.109. The zero-order valence-electron chi connectivity index (χ0n) is 22.6. The van der Waals surface area contributed by atoms with Gasteiger partial charge >= 0.3 is 5.97 Å². The molecule has 0 aromatic rings. The average molecular weight is 487 g/mol. The van der Waals surface area contributed by atoms with Crippen molar-refractivity contribution in [1.82, 2.24) is 0 Å². The number of unbranched alkanes of at least 4 members (excludes halogenated alkanes) is 18. The van der Waals surface area contributed by atoms with Crippen LogP contribution < -0.4 is 0 Å². The third kappa shape index (κ3) is 38.9. The van der Waals surface area contributed by atoms with Crippen molar-refractivity contribution in [3.8, 4) is 0 Å². The zero-order chi connectivity index (χ0) is 24.8. The van der Waals surface area contributed by atoms with Crippen molar-refractivity contribution >= 4 is 16.8 Å². The van der Waals surface area contributed by atoms with Gasteiger partial charge in [0.2, 0.25) is 0 Å². The highest BCUT2D eigenvalue weighted by Gasteiger charge is 1.96. The molecule has 0 saturated heterocycles. The Morgan fingerprint density at radius 3 is 1.36 bits per heavy atom. The molecular formula is C29H58O3S. The Hall–Kier alpha value is -0.640. The van der Waals surface area contributed by atoms with E-state index in [2.05, 4.69) is 26.0 Å². The van der Waals surface area contributed by atoms with E-state index in [0.717, 1.165) is 25.0 Å². The van der Waals surface area contributed by atoms with Crippen molar-refractivity contribution in [2.24, 2.45) is 0 Å². The lowest BCUT2D eigenvalue weighted by Gasteiger charge is -2.00. The van der Waals surface area contributed by atoms with Gasteiger partial charge in [0, 0.05) is 29.2 Å². The fourth-order valence-electron chi connectivity index (χ4n) is 3.79. The molecule has 198 valence electrons. The van der Waals surface area contributed by atoms with Crippen LogP contribution in [0.3, 0.4) is 0 Å². The fraction of sp³-hybridized carbons (Fsp3) is 0.897. The maximum absolute atomic E-state index is 10.7. The molecule has 0 rings (SSSR count). The third-order valence-electron chi connectivity index (χ3n) is 5.94. The number of carboxylic acids is 1. The SMILES string of the molecule is CCCCCCCC/C=C\CCCCCCCC(=O)O.CCCCCCCCCCS(C)=O. The monoisotopic (exact) mass is 486 g/mol. The summed E-state index contributed by atoms with van der Waals surface area (Å²) in [5.41, 5.74) is 0. The van der Waals surface area contributed by atoms with Gasteiger partial charge in [0.1, 0.15) is 0 Å². The molecule has 0 radical (unpaired) electrons. The molecule has 1 N–H and O–H groups in total. The van der Waals surface area contributed by atoms with Crippen LogP contribution in [0.2, 0.25) is 0 Å². The fourth-order valence-corrected chi connectivity index (χ4v) is 4.40. The molecule has 0 fully saturated rings. The summed E-state index contributed by atoms with van der Waals surface area (Å²) in [5, 5.41) is 8.51. The van der Waals surface area contributed by atoms with Crippen LogP contribution in [0.15, 0.2) is 12.2 Å². The zero-order valence-corrected chi connectivity index (χ0v) is 23.4. The first-order valence-corrected chi connectivity index (χ1v) is 15.9. The number of aliphatic carboxylic acids is 1. The lowest BCUT2D eigenvalue weighted by molar-refractivity contribution is -0.137. The highest BCUT2D eigenvalue weighted by atomic mass is 32.2. The second-order valence-electron chi connectivity index (χ2n) is 9.48. The predicted molar refractivity (Wildman–Crippen MR) is 149 cm³/mol. The number of hydrogen-bond donors (Lipinski definition) is 1. The molecule has 0 bridgehead atoms. The summed E-state index contributed by atoms with van der Waals surface area (Å²) >= 11 is 0. The van der Waals surface area contributed by atoms with E-state index < -0.39 is 16.8 Å². The number of rotatable bonds is 24. The molecule has 0 aromatic heterocycles. The van der Waals surface area contributed by atoms with E-state index in [0.29, 0.717) is 6.42 Å². The van der Waals surface area contributed by atoms with Gasteiger partial charge in [-0.05, 0) is 38.5 Å². The molecule has 1 unspecified atom stereocenters. The largest absolute Gasteiger partial charge is 0.481 e. The number of hydrogen-bond acceptors (Lipinski definition) is 2. The second kappa shape index (κ2) is 31.4. The molecule has 0 amide bonds. The minimum Gasteiger partial charge on any atom is -0.481 e. The van der Waals surface area contributed by atoms with E-state index in [1.165, 1.54) is 116 Å². The van der Waals surface area contributed by atoms with Crippen LogP contribution in [0.4, 0.5) is 0 Å². The molecule has 3 nitrogen and oxygen atoms in total. The van der Waals surface area contributed by atoms with E-state index in [4.69, 9.17) is 5.11 Å². The molecule has 0 saturated carbocycles. The third-order valence-corrected chi connectivity index (χ3v) is 6.80. The van der Waals surface area contributed by atoms with E-state index >= 15 is 0 Å². The Balaban J connectivity index is 0. The Morgan fingerprint density at radius 1 is 0.606 bits per heavy atom. The van der Waals surface area contributed by atoms with Gasteiger partial charge in [-0.15, -0.1) is 0 Å². The van der Waals surface area contributed by atoms with Crippen molar-refractivity contribution in [2.45, 2.75) is 155 Å². The first-order chi connectivity index (χ1) is 16.0. The van der Waals surface area contributed by atoms with Crippen molar-refractivity contribution < 1.29 is 14.1 Å². The van der Waals surface area contributed by atoms with Gasteiger partial charge in [0.15, 0.2) is 0 Å². The van der Waals surface area contributed by atoms with Gasteiger partial charge < -0.3 is 5.11 Å². The van der Waals surface area contributed by atoms with E-state index in [1.807, 2.05) is 0 Å². The summed E-state index contributed by atoms with van der Waals surface area (Å²) in [7, 11) is -0.576. The number of carboxylic acid groups (broad SMARTS) is 1. The molecule has 0 aliphatic carbocycles. The lowest BCUT2D eigenvalue weighted by Crippen LogP contribution is -1.93. The predicted octanol–water partition coefficient (Wildman–Crippen LogP) is 9.61. The van der Waals surface area contributed by atoms with E-state index in [1.54, 1.807) is 6.26 Å². The Kier molecular flexibility index (Phi) is 32.8. The topological polar surface area (TPSA) is 54.4 Å². The standard InChI is InChI=1S/C18H34O2.C11H24OS/c1-2-3-4-5-6-7-8-9-10-11-12-13-14-15-16-17-18(19)20;1-3-4-5-6-7-8-9-10-11-13(2)12/h9-10H,2-8,11-17H2,1H3,(H,19,20);3-11H2,1-2H3/b10-9-;. The van der Waals surface area contributed by atoms with Crippen molar-refractivity contribution in [1.29, 1.82) is 0 Å². The summed E-state index contributed by atoms with van der Waals surface area (Å²) in [4.78, 5) is 10.3. The van der Waals surface area contributed by atoms with Crippen molar-refractivity contribution in [3.63, 3.8) is 0 Å². The van der Waals surface area contributed by atoms with Crippen LogP contribution in [-0.2, 0) is 15.6 Å². The molecule has 1 atom stereocenters. The summed E-state index contributed by atoms with van der Waals surface area (Å²) < 4.78 is 10.7. The van der Waals surface area contributed by atoms with Gasteiger partial charge in [-0.2, -0.15) is 0 Å². The Labute approximate surface area is 210 Å². The Morgan fingerprint density at radius 2 is 0.970 bits per heavy atom. The maximum Gasteiger partial charge on any atom is 0.303 e. The number of carbonyl (C=O) groups is 1. The van der Waals surface area contributed by atoms with Gasteiger partial charge in [0.05, 0.1) is 0 Å². The van der Waals surface area contributed by atoms with Crippen LogP contribution in [0.1, 0.15) is 155 Å². The summed E-state index contributed by atoms with van der Waals surface area (Å²) in [6.45, 7) is 4.51. The molecule has 0 heterocycles. The van der Waals surface area contributed by atoms with Crippen LogP contribution in [0, 0.1) is 0 Å². The van der Waals surface area contributed by atoms with Crippen LogP contribution in [-0.4, -0.2) is 27.3 Å². The summed E-state index contributed by atoms with van der Waals surface area (Å²) in [5.74, 6) is 0.234. The molecule has 4 heteroatoms. The Bertz CT molecular complexity index is 435. The van der Waals surface area contributed by atoms with Crippen LogP contribution in [0.5, 0.6) is 0 Å². The second-order valence-corrected chi connectivity index (χ2v) is 11.0. The van der Waals surface area contributed by atoms with Gasteiger partial charge in [0.25, 0.3) is 0 Å². The molecule has 0 aliphatic rings. The number of allylic oxidation sites excluding steroid dienone is 2. The van der Waals surface area contributed by atoms with Gasteiger partial charge in [-0.3, -0.25) is 9.00 Å². The first kappa shape index (κ1) is 34.5. The minimum absolute atomic E-state index is 0.332. The van der Waals surface area contributed by atoms with Gasteiger partial charge in [-0.25, -0.2) is 0 Å². The van der Waals surface area contributed by atoms with E-state index in [9.17, 15) is 9.00 Å². The lowest BCUT2D eigenvalue weighted by atomic mass is 10.1. The normalized spacial score (nSPS) is 12.0. The average Bonchev–Trinajstić information content (AvgIpc) is 2.78. The van der Waals surface area contributed by atoms with Crippen molar-refractivity contribution in [2.75, 3.05) is 12.0 Å². The molecular weight excluding hydrogens is 428 g/mol. The smallest absolute Gasteiger partial charge is 0.303 e. The van der Waals surface area contributed by atoms with E-state index in [-0.39, 0.29) is 0 Å². The first-order valence-electron chi connectivity index (χ1n) is 14.2. The minimum atomic E-state index is -0.664.